The molecule has 0 aromatic heterocycles. The number of carbonyl (C=O) groups is 2. The Balaban J connectivity index is 1.62. The second-order valence-corrected chi connectivity index (χ2v) is 7.88. The minimum Gasteiger partial charge on any atom is -0.497 e. The summed E-state index contributed by atoms with van der Waals surface area (Å²) in [5.41, 5.74) is 4.35. The van der Waals surface area contributed by atoms with Gasteiger partial charge in [0.25, 0.3) is 0 Å². The summed E-state index contributed by atoms with van der Waals surface area (Å²) in [5, 5.41) is 5.58. The number of aryl methyl sites for hydroxylation is 1. The Bertz CT molecular complexity index is 1200. The molecule has 0 spiro atoms. The zero-order valence-electron chi connectivity index (χ0n) is 19.3. The lowest BCUT2D eigenvalue weighted by Crippen LogP contribution is -2.45. The fourth-order valence-corrected chi connectivity index (χ4v) is 3.74. The quantitative estimate of drug-likeness (QED) is 0.509. The molecule has 0 saturated heterocycles. The Morgan fingerprint density at radius 1 is 0.882 bits per heavy atom. The molecule has 3 aromatic carbocycles. The molecule has 7 nitrogen and oxygen atoms in total. The molecule has 1 atom stereocenters. The summed E-state index contributed by atoms with van der Waals surface area (Å²) in [6.07, 6.45) is 0. The van der Waals surface area contributed by atoms with E-state index in [1.54, 1.807) is 31.4 Å². The van der Waals surface area contributed by atoms with Crippen LogP contribution in [0.5, 0.6) is 11.5 Å². The fraction of sp³-hybridized carbons (Fsp3) is 0.185. The van der Waals surface area contributed by atoms with E-state index in [0.717, 1.165) is 11.1 Å². The lowest BCUT2D eigenvalue weighted by Gasteiger charge is -2.29. The molecule has 174 valence electrons. The average molecular weight is 459 g/mol. The molecule has 0 bridgehead atoms. The van der Waals surface area contributed by atoms with Gasteiger partial charge in [0.1, 0.15) is 18.1 Å². The van der Waals surface area contributed by atoms with Crippen LogP contribution in [0, 0.1) is 6.92 Å². The third-order valence-electron chi connectivity index (χ3n) is 5.60. The number of rotatable bonds is 7. The Morgan fingerprint density at radius 2 is 1.53 bits per heavy atom. The van der Waals surface area contributed by atoms with Crippen LogP contribution in [0.4, 0.5) is 4.79 Å². The van der Waals surface area contributed by atoms with Crippen LogP contribution in [0.2, 0.25) is 0 Å². The fourth-order valence-electron chi connectivity index (χ4n) is 3.74. The van der Waals surface area contributed by atoms with E-state index in [1.807, 2.05) is 55.5 Å². The maximum absolute atomic E-state index is 12.8. The van der Waals surface area contributed by atoms with Gasteiger partial charge in [0.15, 0.2) is 0 Å². The van der Waals surface area contributed by atoms with Crippen LogP contribution in [-0.2, 0) is 16.1 Å². The van der Waals surface area contributed by atoms with Crippen LogP contribution in [0.25, 0.3) is 5.70 Å². The summed E-state index contributed by atoms with van der Waals surface area (Å²) in [6, 6.07) is 21.4. The molecule has 1 unspecified atom stereocenters. The van der Waals surface area contributed by atoms with Gasteiger partial charge >= 0.3 is 12.0 Å². The number of esters is 1. The number of amides is 2. The van der Waals surface area contributed by atoms with Gasteiger partial charge in [-0.3, -0.25) is 0 Å². The molecule has 1 aliphatic heterocycles. The van der Waals surface area contributed by atoms with Crippen LogP contribution < -0.4 is 20.1 Å². The maximum atomic E-state index is 12.8. The van der Waals surface area contributed by atoms with Gasteiger partial charge in [-0.1, -0.05) is 42.0 Å². The summed E-state index contributed by atoms with van der Waals surface area (Å²) in [7, 11) is 2.89. The van der Waals surface area contributed by atoms with Crippen molar-refractivity contribution in [3.05, 3.63) is 101 Å². The minimum absolute atomic E-state index is 0.306. The lowest BCUT2D eigenvalue weighted by atomic mass is 9.92. The van der Waals surface area contributed by atoms with Crippen molar-refractivity contribution in [2.75, 3.05) is 14.2 Å². The van der Waals surface area contributed by atoms with Gasteiger partial charge in [-0.25, -0.2) is 9.59 Å². The number of nitrogens with one attached hydrogen (secondary N) is 2. The van der Waals surface area contributed by atoms with Crippen molar-refractivity contribution in [1.82, 2.24) is 10.6 Å². The van der Waals surface area contributed by atoms with Crippen LogP contribution in [-0.4, -0.2) is 26.2 Å². The van der Waals surface area contributed by atoms with Gasteiger partial charge in [0, 0.05) is 0 Å². The molecule has 7 heteroatoms. The number of hydrogen-bond donors (Lipinski definition) is 2. The summed E-state index contributed by atoms with van der Waals surface area (Å²) >= 11 is 0. The third kappa shape index (κ3) is 5.04. The summed E-state index contributed by atoms with van der Waals surface area (Å²) in [6.45, 7) is 2.48. The first-order chi connectivity index (χ1) is 16.5. The van der Waals surface area contributed by atoms with E-state index in [2.05, 4.69) is 10.6 Å². The van der Waals surface area contributed by atoms with Crippen molar-refractivity contribution in [2.24, 2.45) is 0 Å². The molecule has 0 saturated carbocycles. The largest absolute Gasteiger partial charge is 0.497 e. The van der Waals surface area contributed by atoms with E-state index < -0.39 is 18.0 Å². The molecule has 4 rings (SSSR count). The Kier molecular flexibility index (Phi) is 6.82. The smallest absolute Gasteiger partial charge is 0.338 e. The average Bonchev–Trinajstić information content (AvgIpc) is 2.88. The Morgan fingerprint density at radius 3 is 2.15 bits per heavy atom. The molecule has 34 heavy (non-hydrogen) atoms. The van der Waals surface area contributed by atoms with Gasteiger partial charge in [-0.05, 0) is 60.0 Å². The van der Waals surface area contributed by atoms with Gasteiger partial charge in [0.05, 0.1) is 31.5 Å². The summed E-state index contributed by atoms with van der Waals surface area (Å²) in [4.78, 5) is 25.3. The SMILES string of the molecule is COC(=O)C1=C(c2ccc(OC)cc2)NC(=O)NC1c1ccc(OCc2ccc(C)cc2)cc1. The van der Waals surface area contributed by atoms with E-state index in [1.165, 1.54) is 12.7 Å². The predicted octanol–water partition coefficient (Wildman–Crippen LogP) is 4.52. The van der Waals surface area contributed by atoms with E-state index in [0.29, 0.717) is 34.9 Å². The number of benzene rings is 3. The highest BCUT2D eigenvalue weighted by molar-refractivity contribution is 6.04. The highest BCUT2D eigenvalue weighted by Gasteiger charge is 2.34. The van der Waals surface area contributed by atoms with E-state index in [9.17, 15) is 9.59 Å². The molecule has 0 radical (unpaired) electrons. The van der Waals surface area contributed by atoms with E-state index in [-0.39, 0.29) is 0 Å². The predicted molar refractivity (Wildman–Crippen MR) is 128 cm³/mol. The highest BCUT2D eigenvalue weighted by Crippen LogP contribution is 2.33. The van der Waals surface area contributed by atoms with Crippen molar-refractivity contribution in [1.29, 1.82) is 0 Å². The molecule has 0 fully saturated rings. The van der Waals surface area contributed by atoms with Crippen LogP contribution in [0.15, 0.2) is 78.4 Å². The van der Waals surface area contributed by atoms with E-state index >= 15 is 0 Å². The minimum atomic E-state index is -0.690. The zero-order chi connectivity index (χ0) is 24.1. The second kappa shape index (κ2) is 10.1. The first kappa shape index (κ1) is 22.9. The van der Waals surface area contributed by atoms with Crippen molar-refractivity contribution in [2.45, 2.75) is 19.6 Å². The molecule has 3 aromatic rings. The van der Waals surface area contributed by atoms with Crippen molar-refractivity contribution in [3.63, 3.8) is 0 Å². The van der Waals surface area contributed by atoms with Crippen LogP contribution in [0.3, 0.4) is 0 Å². The molecule has 0 aliphatic carbocycles. The standard InChI is InChI=1S/C27H26N2O5/c1-17-4-6-18(7-5-17)16-34-22-14-10-20(11-15-22)25-23(26(30)33-3)24(28-27(31)29-25)19-8-12-21(32-2)13-9-19/h4-15,25H,16H2,1-3H3,(H2,28,29,31). The topological polar surface area (TPSA) is 85.9 Å². The number of ether oxygens (including phenoxy) is 3. The maximum Gasteiger partial charge on any atom is 0.338 e. The van der Waals surface area contributed by atoms with E-state index in [4.69, 9.17) is 14.2 Å². The monoisotopic (exact) mass is 458 g/mol. The van der Waals surface area contributed by atoms with Crippen LogP contribution >= 0.6 is 0 Å². The molecule has 1 heterocycles. The molecule has 2 N–H and O–H groups in total. The lowest BCUT2D eigenvalue weighted by molar-refractivity contribution is -0.136. The van der Waals surface area contributed by atoms with Gasteiger partial charge < -0.3 is 24.8 Å². The Labute approximate surface area is 198 Å². The van der Waals surface area contributed by atoms with Gasteiger partial charge in [0.2, 0.25) is 0 Å². The van der Waals surface area contributed by atoms with Crippen molar-refractivity contribution in [3.8, 4) is 11.5 Å². The molecule has 1 aliphatic rings. The second-order valence-electron chi connectivity index (χ2n) is 7.88. The molecular formula is C27H26N2O5. The first-order valence-corrected chi connectivity index (χ1v) is 10.8. The summed E-state index contributed by atoms with van der Waals surface area (Å²) < 4.78 is 16.2. The molecular weight excluding hydrogens is 432 g/mol. The van der Waals surface area contributed by atoms with Gasteiger partial charge in [-0.15, -0.1) is 0 Å². The molecule has 2 amide bonds. The zero-order valence-corrected chi connectivity index (χ0v) is 19.3. The number of hydrogen-bond acceptors (Lipinski definition) is 5. The number of urea groups is 1. The first-order valence-electron chi connectivity index (χ1n) is 10.8. The summed E-state index contributed by atoms with van der Waals surface area (Å²) in [5.74, 6) is 0.814. The van der Waals surface area contributed by atoms with Gasteiger partial charge in [-0.2, -0.15) is 0 Å². The third-order valence-corrected chi connectivity index (χ3v) is 5.60. The van der Waals surface area contributed by atoms with Crippen LogP contribution in [0.1, 0.15) is 28.3 Å². The van der Waals surface area contributed by atoms with Crippen molar-refractivity contribution >= 4 is 17.7 Å². The number of methoxy groups -OCH3 is 2. The highest BCUT2D eigenvalue weighted by atomic mass is 16.5. The normalized spacial score (nSPS) is 15.3. The Hall–Kier alpha value is -4.26. The number of carbonyl (C=O) groups excluding carboxylic acids is 2. The van der Waals surface area contributed by atoms with Crippen molar-refractivity contribution < 1.29 is 23.8 Å².